The van der Waals surface area contributed by atoms with E-state index in [1.54, 1.807) is 11.8 Å². The van der Waals surface area contributed by atoms with Crippen LogP contribution in [0.3, 0.4) is 0 Å². The van der Waals surface area contributed by atoms with Gasteiger partial charge in [-0.25, -0.2) is 0 Å². The van der Waals surface area contributed by atoms with Gasteiger partial charge >= 0.3 is 0 Å². The van der Waals surface area contributed by atoms with Crippen molar-refractivity contribution in [3.63, 3.8) is 0 Å². The highest BCUT2D eigenvalue weighted by molar-refractivity contribution is 8.05. The number of hydrogen-bond acceptors (Lipinski definition) is 3. The van der Waals surface area contributed by atoms with Gasteiger partial charge in [0.05, 0.1) is 0 Å². The van der Waals surface area contributed by atoms with Gasteiger partial charge in [0.25, 0.3) is 0 Å². The molecule has 6 aromatic rings. The van der Waals surface area contributed by atoms with E-state index in [9.17, 15) is 0 Å². The zero-order valence-corrected chi connectivity index (χ0v) is 24.6. The van der Waals surface area contributed by atoms with Crippen LogP contribution in [0, 0.1) is 0 Å². The fourth-order valence-corrected chi connectivity index (χ4v) is 5.51. The first-order chi connectivity index (χ1) is 21.3. The van der Waals surface area contributed by atoms with Crippen molar-refractivity contribution >= 4 is 58.0 Å². The van der Waals surface area contributed by atoms with Crippen LogP contribution in [0.15, 0.2) is 181 Å². The van der Waals surface area contributed by atoms with Crippen LogP contribution in [0.25, 0.3) is 12.2 Å². The molecule has 0 atom stereocenters. The summed E-state index contributed by atoms with van der Waals surface area (Å²) in [5.74, 6) is 0. The van der Waals surface area contributed by atoms with Gasteiger partial charge in [-0.2, -0.15) is 0 Å². The van der Waals surface area contributed by atoms with Crippen LogP contribution in [-0.4, -0.2) is 0 Å². The Kier molecular flexibility index (Phi) is 9.14. The van der Waals surface area contributed by atoms with Crippen LogP contribution in [0.2, 0.25) is 0 Å². The monoisotopic (exact) mass is 572 g/mol. The maximum absolute atomic E-state index is 2.27. The molecule has 0 amide bonds. The first-order valence-corrected chi connectivity index (χ1v) is 15.3. The van der Waals surface area contributed by atoms with Crippen molar-refractivity contribution in [2.45, 2.75) is 0 Å². The molecule has 3 heteroatoms. The second-order valence-electron chi connectivity index (χ2n) is 9.94. The van der Waals surface area contributed by atoms with Gasteiger partial charge in [-0.1, -0.05) is 97.1 Å². The first kappa shape index (κ1) is 27.9. The number of thioether (sulfide) groups is 1. The van der Waals surface area contributed by atoms with Crippen molar-refractivity contribution in [3.05, 3.63) is 192 Å². The van der Waals surface area contributed by atoms with Crippen LogP contribution < -0.4 is 9.80 Å². The number of hydrogen-bond donors (Lipinski definition) is 0. The Morgan fingerprint density at radius 2 is 0.558 bits per heavy atom. The van der Waals surface area contributed by atoms with Crippen LogP contribution in [0.4, 0.5) is 34.1 Å². The van der Waals surface area contributed by atoms with E-state index in [-0.39, 0.29) is 0 Å². The Labute approximate surface area is 258 Å². The van der Waals surface area contributed by atoms with Gasteiger partial charge < -0.3 is 9.80 Å². The van der Waals surface area contributed by atoms with Gasteiger partial charge in [-0.05, 0) is 107 Å². The molecule has 0 heterocycles. The van der Waals surface area contributed by atoms with Gasteiger partial charge in [0, 0.05) is 34.1 Å². The topological polar surface area (TPSA) is 6.48 Å². The lowest BCUT2D eigenvalue weighted by Crippen LogP contribution is -2.09. The highest BCUT2D eigenvalue weighted by Gasteiger charge is 2.12. The number of benzene rings is 6. The second kappa shape index (κ2) is 14.1. The molecule has 0 bridgehead atoms. The van der Waals surface area contributed by atoms with Crippen molar-refractivity contribution < 1.29 is 0 Å². The number of anilines is 6. The lowest BCUT2D eigenvalue weighted by atomic mass is 10.1. The molecule has 0 radical (unpaired) electrons. The van der Waals surface area contributed by atoms with Crippen molar-refractivity contribution in [2.24, 2.45) is 0 Å². The Bertz CT molecular complexity index is 1540. The van der Waals surface area contributed by atoms with Crippen LogP contribution in [0.5, 0.6) is 0 Å². The Balaban J connectivity index is 1.10. The van der Waals surface area contributed by atoms with E-state index in [1.165, 1.54) is 0 Å². The van der Waals surface area contributed by atoms with Crippen molar-refractivity contribution in [3.8, 4) is 0 Å². The molecule has 0 fully saturated rings. The molecule has 0 spiro atoms. The fourth-order valence-electron chi connectivity index (χ4n) is 4.95. The third kappa shape index (κ3) is 7.16. The summed E-state index contributed by atoms with van der Waals surface area (Å²) in [6.45, 7) is 0. The molecule has 0 saturated carbocycles. The average Bonchev–Trinajstić information content (AvgIpc) is 3.08. The van der Waals surface area contributed by atoms with Gasteiger partial charge in [0.15, 0.2) is 0 Å². The Hall–Kier alpha value is -5.25. The summed E-state index contributed by atoms with van der Waals surface area (Å²) >= 11 is 1.67. The Morgan fingerprint density at radius 3 is 0.837 bits per heavy atom. The summed E-state index contributed by atoms with van der Waals surface area (Å²) in [5.41, 5.74) is 9.13. The fraction of sp³-hybridized carbons (Fsp3) is 0. The maximum atomic E-state index is 2.27. The lowest BCUT2D eigenvalue weighted by molar-refractivity contribution is 1.28. The van der Waals surface area contributed by atoms with Crippen molar-refractivity contribution in [1.82, 2.24) is 0 Å². The van der Waals surface area contributed by atoms with Crippen LogP contribution in [-0.2, 0) is 0 Å². The molecular weight excluding hydrogens is 541 g/mol. The predicted molar refractivity (Wildman–Crippen MR) is 188 cm³/mol. The molecule has 0 unspecified atom stereocenters. The SMILES string of the molecule is C(=C\c1ccc(N(c2ccccc2)c2ccccc2)cc1)/S/C=C/c1ccc(N(c2ccccc2)c2ccccc2)cc1. The normalized spacial score (nSPS) is 11.2. The summed E-state index contributed by atoms with van der Waals surface area (Å²) in [5, 5.41) is 4.25. The lowest BCUT2D eigenvalue weighted by Gasteiger charge is -2.25. The van der Waals surface area contributed by atoms with Gasteiger partial charge in [-0.15, -0.1) is 11.8 Å². The third-order valence-electron chi connectivity index (χ3n) is 7.04. The molecule has 2 nitrogen and oxygen atoms in total. The highest BCUT2D eigenvalue weighted by atomic mass is 32.2. The number of rotatable bonds is 10. The summed E-state index contributed by atoms with van der Waals surface area (Å²) in [4.78, 5) is 4.55. The molecule has 208 valence electrons. The van der Waals surface area contributed by atoms with E-state index in [4.69, 9.17) is 0 Å². The zero-order valence-electron chi connectivity index (χ0n) is 23.8. The minimum atomic E-state index is 1.13. The minimum absolute atomic E-state index is 1.13. The molecule has 0 aliphatic heterocycles. The third-order valence-corrected chi connectivity index (χ3v) is 7.62. The summed E-state index contributed by atoms with van der Waals surface area (Å²) in [6, 6.07) is 59.3. The Morgan fingerprint density at radius 1 is 0.302 bits per heavy atom. The summed E-state index contributed by atoms with van der Waals surface area (Å²) < 4.78 is 0. The molecule has 6 aromatic carbocycles. The van der Waals surface area contributed by atoms with Crippen molar-refractivity contribution in [1.29, 1.82) is 0 Å². The highest BCUT2D eigenvalue weighted by Crippen LogP contribution is 2.35. The zero-order chi connectivity index (χ0) is 29.1. The molecule has 43 heavy (non-hydrogen) atoms. The molecule has 0 N–H and O–H groups in total. The van der Waals surface area contributed by atoms with Gasteiger partial charge in [-0.3, -0.25) is 0 Å². The second-order valence-corrected chi connectivity index (χ2v) is 10.8. The first-order valence-electron chi connectivity index (χ1n) is 14.3. The predicted octanol–water partition coefficient (Wildman–Crippen LogP) is 12.0. The average molecular weight is 573 g/mol. The van der Waals surface area contributed by atoms with E-state index in [1.807, 2.05) is 24.3 Å². The molecule has 0 aromatic heterocycles. The maximum Gasteiger partial charge on any atom is 0.0462 e. The quantitative estimate of drug-likeness (QED) is 0.161. The van der Waals surface area contributed by atoms with E-state index >= 15 is 0 Å². The van der Waals surface area contributed by atoms with Crippen molar-refractivity contribution in [2.75, 3.05) is 9.80 Å². The minimum Gasteiger partial charge on any atom is -0.311 e. The molecular formula is C40H32N2S. The van der Waals surface area contributed by atoms with E-state index < -0.39 is 0 Å². The van der Waals surface area contributed by atoms with Crippen LogP contribution >= 0.6 is 11.8 Å². The molecule has 6 rings (SSSR count). The summed E-state index contributed by atoms with van der Waals surface area (Å²) in [6.07, 6.45) is 4.30. The van der Waals surface area contributed by atoms with Gasteiger partial charge in [0.1, 0.15) is 0 Å². The summed E-state index contributed by atoms with van der Waals surface area (Å²) in [7, 11) is 0. The van der Waals surface area contributed by atoms with Crippen LogP contribution in [0.1, 0.15) is 11.1 Å². The number of nitrogens with zero attached hydrogens (tertiary/aromatic N) is 2. The van der Waals surface area contributed by atoms with E-state index in [0.717, 1.165) is 45.3 Å². The van der Waals surface area contributed by atoms with E-state index in [2.05, 4.69) is 178 Å². The van der Waals surface area contributed by atoms with E-state index in [0.29, 0.717) is 0 Å². The molecule has 0 saturated heterocycles. The molecule has 0 aliphatic rings. The largest absolute Gasteiger partial charge is 0.311 e. The van der Waals surface area contributed by atoms with Gasteiger partial charge in [0.2, 0.25) is 0 Å². The standard InChI is InChI=1S/C40H32N2S/c1-5-13-35(14-6-1)41(36-15-7-2-8-16-36)39-25-21-33(22-26-39)29-31-43-32-30-34-23-27-40(28-24-34)42(37-17-9-3-10-18-37)38-19-11-4-12-20-38/h1-32H/b31-29+,32-30+. The number of para-hydroxylation sites is 4. The molecule has 0 aliphatic carbocycles. The smallest absolute Gasteiger partial charge is 0.0462 e.